The third kappa shape index (κ3) is 6.76. The van der Waals surface area contributed by atoms with Gasteiger partial charge in [-0.3, -0.25) is 14.8 Å². The van der Waals surface area contributed by atoms with Crippen molar-refractivity contribution in [2.75, 3.05) is 59.0 Å². The van der Waals surface area contributed by atoms with E-state index < -0.39 is 0 Å². The maximum Gasteiger partial charge on any atom is 0.208 e. The molecule has 0 aromatic carbocycles. The lowest BCUT2D eigenvalue weighted by Gasteiger charge is -2.30. The van der Waals surface area contributed by atoms with E-state index in [1.165, 1.54) is 0 Å². The van der Waals surface area contributed by atoms with Crippen molar-refractivity contribution in [3.05, 3.63) is 17.3 Å². The smallest absolute Gasteiger partial charge is 0.208 e. The number of nitrogens with zero attached hydrogens (tertiary/aromatic N) is 4. The van der Waals surface area contributed by atoms with E-state index in [9.17, 15) is 0 Å². The van der Waals surface area contributed by atoms with Gasteiger partial charge in [-0.05, 0) is 58.7 Å². The molecule has 2 fully saturated rings. The highest BCUT2D eigenvalue weighted by Crippen LogP contribution is 2.20. The Morgan fingerprint density at radius 3 is 2.61 bits per heavy atom. The molecule has 1 aromatic heterocycles. The molecule has 28 heavy (non-hydrogen) atoms. The summed E-state index contributed by atoms with van der Waals surface area (Å²) in [5.41, 5.74) is 7.02. The number of guanidine groups is 1. The summed E-state index contributed by atoms with van der Waals surface area (Å²) in [5, 5.41) is 3.25. The summed E-state index contributed by atoms with van der Waals surface area (Å²) in [6, 6.07) is 0. The molecule has 8 nitrogen and oxygen atoms in total. The Bertz CT molecular complexity index is 599. The van der Waals surface area contributed by atoms with Gasteiger partial charge < -0.3 is 20.2 Å². The van der Waals surface area contributed by atoms with Crippen LogP contribution in [-0.2, 0) is 11.3 Å². The SMILES string of the molecule is Cc1nc(CN2CCC(CN=C(N)NCCCN3CCOCC3)CC2)oc1C. The number of morpholine rings is 1. The Balaban J connectivity index is 1.27. The summed E-state index contributed by atoms with van der Waals surface area (Å²) in [7, 11) is 0. The molecule has 3 N–H and O–H groups in total. The molecule has 0 aliphatic carbocycles. The highest BCUT2D eigenvalue weighted by Gasteiger charge is 2.20. The van der Waals surface area contributed by atoms with Crippen LogP contribution in [0.1, 0.15) is 36.6 Å². The van der Waals surface area contributed by atoms with Crippen LogP contribution in [0.25, 0.3) is 0 Å². The molecule has 0 radical (unpaired) electrons. The van der Waals surface area contributed by atoms with Gasteiger partial charge in [0.05, 0.1) is 25.5 Å². The number of nitrogens with two attached hydrogens (primary N) is 1. The minimum Gasteiger partial charge on any atom is -0.444 e. The summed E-state index contributed by atoms with van der Waals surface area (Å²) in [6.07, 6.45) is 3.37. The maximum absolute atomic E-state index is 6.03. The third-order valence-electron chi connectivity index (χ3n) is 5.72. The zero-order valence-electron chi connectivity index (χ0n) is 17.5. The fourth-order valence-electron chi connectivity index (χ4n) is 3.75. The Kier molecular flexibility index (Phi) is 8.12. The molecule has 158 valence electrons. The Morgan fingerprint density at radius 2 is 1.93 bits per heavy atom. The highest BCUT2D eigenvalue weighted by atomic mass is 16.5. The van der Waals surface area contributed by atoms with Gasteiger partial charge in [-0.25, -0.2) is 4.98 Å². The van der Waals surface area contributed by atoms with Gasteiger partial charge in [0.1, 0.15) is 5.76 Å². The number of oxazole rings is 1. The Hall–Kier alpha value is -1.64. The van der Waals surface area contributed by atoms with Crippen molar-refractivity contribution in [1.82, 2.24) is 20.1 Å². The van der Waals surface area contributed by atoms with Crippen LogP contribution < -0.4 is 11.1 Å². The number of aliphatic imine (C=N–C) groups is 1. The van der Waals surface area contributed by atoms with Gasteiger partial charge in [0.25, 0.3) is 0 Å². The number of nitrogens with one attached hydrogen (secondary N) is 1. The van der Waals surface area contributed by atoms with E-state index in [4.69, 9.17) is 14.9 Å². The molecule has 2 aliphatic rings. The molecular weight excluding hydrogens is 356 g/mol. The van der Waals surface area contributed by atoms with Gasteiger partial charge in [0, 0.05) is 26.2 Å². The number of aromatic nitrogens is 1. The quantitative estimate of drug-likeness (QED) is 0.389. The molecule has 3 rings (SSSR count). The Morgan fingerprint density at radius 1 is 1.18 bits per heavy atom. The maximum atomic E-state index is 6.03. The zero-order chi connectivity index (χ0) is 19.8. The molecule has 3 heterocycles. The minimum atomic E-state index is 0.579. The van der Waals surface area contributed by atoms with Crippen LogP contribution in [0.15, 0.2) is 9.41 Å². The van der Waals surface area contributed by atoms with Crippen molar-refractivity contribution in [2.24, 2.45) is 16.6 Å². The number of aryl methyl sites for hydroxylation is 2. The summed E-state index contributed by atoms with van der Waals surface area (Å²) in [6.45, 7) is 13.5. The van der Waals surface area contributed by atoms with Crippen LogP contribution in [0.4, 0.5) is 0 Å². The number of hydrogen-bond acceptors (Lipinski definition) is 6. The number of ether oxygens (including phenoxy) is 1. The average molecular weight is 393 g/mol. The van der Waals surface area contributed by atoms with Gasteiger partial charge in [0.2, 0.25) is 5.89 Å². The van der Waals surface area contributed by atoms with Gasteiger partial charge in [-0.1, -0.05) is 0 Å². The first-order chi connectivity index (χ1) is 13.6. The average Bonchev–Trinajstić information content (AvgIpc) is 3.02. The lowest BCUT2D eigenvalue weighted by atomic mass is 9.97. The molecule has 0 amide bonds. The second kappa shape index (κ2) is 10.8. The summed E-state index contributed by atoms with van der Waals surface area (Å²) in [5.74, 6) is 2.94. The Labute approximate surface area is 168 Å². The highest BCUT2D eigenvalue weighted by molar-refractivity contribution is 5.77. The normalized spacial score (nSPS) is 20.6. The molecule has 0 atom stereocenters. The molecule has 0 saturated carbocycles. The van der Waals surface area contributed by atoms with Crippen LogP contribution in [-0.4, -0.2) is 79.8 Å². The number of piperidine rings is 1. The first kappa shape index (κ1) is 21.1. The molecule has 0 unspecified atom stereocenters. The zero-order valence-corrected chi connectivity index (χ0v) is 17.5. The molecule has 0 bridgehead atoms. The molecular formula is C20H36N6O2. The lowest BCUT2D eigenvalue weighted by Crippen LogP contribution is -2.39. The molecule has 2 aliphatic heterocycles. The van der Waals surface area contributed by atoms with Crippen molar-refractivity contribution in [3.8, 4) is 0 Å². The van der Waals surface area contributed by atoms with Crippen LogP contribution in [0.5, 0.6) is 0 Å². The number of hydrogen-bond donors (Lipinski definition) is 2. The van der Waals surface area contributed by atoms with Crippen LogP contribution >= 0.6 is 0 Å². The predicted octanol–water partition coefficient (Wildman–Crippen LogP) is 1.13. The van der Waals surface area contributed by atoms with Gasteiger partial charge >= 0.3 is 0 Å². The molecule has 1 aromatic rings. The van der Waals surface area contributed by atoms with E-state index in [1.54, 1.807) is 0 Å². The standard InChI is InChI=1S/C20H36N6O2/c1-16-17(2)28-19(24-16)15-26-8-4-18(5-9-26)14-23-20(21)22-6-3-7-25-10-12-27-13-11-25/h18H,3-15H2,1-2H3,(H3,21,22,23). The van der Waals surface area contributed by atoms with Gasteiger partial charge in [-0.2, -0.15) is 0 Å². The van der Waals surface area contributed by atoms with E-state index in [-0.39, 0.29) is 0 Å². The van der Waals surface area contributed by atoms with Crippen molar-refractivity contribution in [1.29, 1.82) is 0 Å². The topological polar surface area (TPSA) is 92.2 Å². The second-order valence-electron chi connectivity index (χ2n) is 7.93. The van der Waals surface area contributed by atoms with Crippen molar-refractivity contribution < 1.29 is 9.15 Å². The number of rotatable bonds is 8. The lowest BCUT2D eigenvalue weighted by molar-refractivity contribution is 0.0376. The van der Waals surface area contributed by atoms with E-state index in [0.717, 1.165) is 102 Å². The second-order valence-corrected chi connectivity index (χ2v) is 7.93. The van der Waals surface area contributed by atoms with Gasteiger partial charge in [-0.15, -0.1) is 0 Å². The summed E-state index contributed by atoms with van der Waals surface area (Å²) >= 11 is 0. The third-order valence-corrected chi connectivity index (χ3v) is 5.72. The van der Waals surface area contributed by atoms with Crippen LogP contribution in [0.3, 0.4) is 0 Å². The van der Waals surface area contributed by atoms with Crippen LogP contribution in [0, 0.1) is 19.8 Å². The fraction of sp³-hybridized carbons (Fsp3) is 0.800. The largest absolute Gasteiger partial charge is 0.444 e. The first-order valence-corrected chi connectivity index (χ1v) is 10.6. The molecule has 2 saturated heterocycles. The first-order valence-electron chi connectivity index (χ1n) is 10.6. The van der Waals surface area contributed by atoms with Gasteiger partial charge in [0.15, 0.2) is 5.96 Å². The summed E-state index contributed by atoms with van der Waals surface area (Å²) < 4.78 is 11.1. The predicted molar refractivity (Wildman–Crippen MR) is 110 cm³/mol. The van der Waals surface area contributed by atoms with E-state index >= 15 is 0 Å². The minimum absolute atomic E-state index is 0.579. The van der Waals surface area contributed by atoms with E-state index in [0.29, 0.717) is 11.9 Å². The molecule has 8 heteroatoms. The molecule has 0 spiro atoms. The van der Waals surface area contributed by atoms with Crippen molar-refractivity contribution in [2.45, 2.75) is 39.7 Å². The fourth-order valence-corrected chi connectivity index (χ4v) is 3.75. The van der Waals surface area contributed by atoms with Crippen molar-refractivity contribution in [3.63, 3.8) is 0 Å². The monoisotopic (exact) mass is 392 g/mol. The van der Waals surface area contributed by atoms with E-state index in [2.05, 4.69) is 25.1 Å². The summed E-state index contributed by atoms with van der Waals surface area (Å²) in [4.78, 5) is 13.9. The van der Waals surface area contributed by atoms with Crippen molar-refractivity contribution >= 4 is 5.96 Å². The van der Waals surface area contributed by atoms with E-state index in [1.807, 2.05) is 13.8 Å². The van der Waals surface area contributed by atoms with Crippen LogP contribution in [0.2, 0.25) is 0 Å². The number of likely N-dealkylation sites (tertiary alicyclic amines) is 1.